The minimum Gasteiger partial charge on any atom is -0.326 e. The molecule has 0 spiro atoms. The molecule has 1 aromatic carbocycles. The van der Waals surface area contributed by atoms with Crippen molar-refractivity contribution in [3.63, 3.8) is 0 Å². The standard InChI is InChI=1S/C15H16FN3O2/c1-2-3-4-13-14(20)19(15(21)18-13)9-11-6-5-10(8-17)7-12(11)16/h5-7,13H,2-4,9H2,1H3,(H,18,21)/t13-/m0/s1. The van der Waals surface area contributed by atoms with E-state index in [1.54, 1.807) is 0 Å². The molecule has 1 saturated heterocycles. The number of carbonyl (C=O) groups excluding carboxylic acids is 2. The number of nitrogens with one attached hydrogen (secondary N) is 1. The van der Waals surface area contributed by atoms with Crippen LogP contribution in [0.2, 0.25) is 0 Å². The molecule has 1 aliphatic rings. The summed E-state index contributed by atoms with van der Waals surface area (Å²) in [7, 11) is 0. The highest BCUT2D eigenvalue weighted by Gasteiger charge is 2.37. The van der Waals surface area contributed by atoms with Crippen molar-refractivity contribution in [2.75, 3.05) is 0 Å². The number of imide groups is 1. The van der Waals surface area contributed by atoms with Crippen LogP contribution < -0.4 is 5.32 Å². The Bertz CT molecular complexity index is 609. The van der Waals surface area contributed by atoms with Gasteiger partial charge in [0.05, 0.1) is 18.2 Å². The van der Waals surface area contributed by atoms with Crippen molar-refractivity contribution in [2.45, 2.75) is 38.8 Å². The van der Waals surface area contributed by atoms with E-state index in [1.807, 2.05) is 13.0 Å². The summed E-state index contributed by atoms with van der Waals surface area (Å²) in [5.41, 5.74) is 0.419. The van der Waals surface area contributed by atoms with Gasteiger partial charge in [-0.1, -0.05) is 25.8 Å². The highest BCUT2D eigenvalue weighted by atomic mass is 19.1. The molecule has 0 radical (unpaired) electrons. The second kappa shape index (κ2) is 6.35. The average molecular weight is 289 g/mol. The van der Waals surface area contributed by atoms with Gasteiger partial charge in [-0.15, -0.1) is 0 Å². The van der Waals surface area contributed by atoms with Crippen molar-refractivity contribution < 1.29 is 14.0 Å². The smallest absolute Gasteiger partial charge is 0.325 e. The van der Waals surface area contributed by atoms with Crippen LogP contribution in [0.1, 0.15) is 37.3 Å². The van der Waals surface area contributed by atoms with Crippen molar-refractivity contribution in [1.82, 2.24) is 10.2 Å². The van der Waals surface area contributed by atoms with Crippen LogP contribution in [0.4, 0.5) is 9.18 Å². The number of amides is 3. The number of benzene rings is 1. The van der Waals surface area contributed by atoms with Gasteiger partial charge >= 0.3 is 6.03 Å². The fourth-order valence-electron chi connectivity index (χ4n) is 2.25. The molecule has 21 heavy (non-hydrogen) atoms. The van der Waals surface area contributed by atoms with Crippen molar-refractivity contribution in [2.24, 2.45) is 0 Å². The summed E-state index contributed by atoms with van der Waals surface area (Å²) in [5, 5.41) is 11.3. The molecule has 1 atom stereocenters. The Kier molecular flexibility index (Phi) is 4.53. The summed E-state index contributed by atoms with van der Waals surface area (Å²) in [6.07, 6.45) is 2.37. The SMILES string of the molecule is CCCC[C@@H]1NC(=O)N(Cc2ccc(C#N)cc2F)C1=O. The Morgan fingerprint density at radius 3 is 2.81 bits per heavy atom. The Morgan fingerprint density at radius 1 is 1.43 bits per heavy atom. The molecule has 110 valence electrons. The van der Waals surface area contributed by atoms with Gasteiger partial charge < -0.3 is 5.32 Å². The number of carbonyl (C=O) groups is 2. The van der Waals surface area contributed by atoms with Gasteiger partial charge in [0.15, 0.2) is 0 Å². The minimum absolute atomic E-state index is 0.120. The van der Waals surface area contributed by atoms with E-state index in [1.165, 1.54) is 12.1 Å². The lowest BCUT2D eigenvalue weighted by atomic mass is 10.1. The van der Waals surface area contributed by atoms with Crippen molar-refractivity contribution in [3.8, 4) is 6.07 Å². The predicted molar refractivity (Wildman–Crippen MR) is 73.5 cm³/mol. The second-order valence-electron chi connectivity index (χ2n) is 4.99. The molecule has 1 heterocycles. The highest BCUT2D eigenvalue weighted by molar-refractivity contribution is 6.04. The number of halogens is 1. The summed E-state index contributed by atoms with van der Waals surface area (Å²) in [4.78, 5) is 25.0. The minimum atomic E-state index is -0.591. The Balaban J connectivity index is 2.11. The summed E-state index contributed by atoms with van der Waals surface area (Å²) in [6.45, 7) is 1.88. The molecule has 0 bridgehead atoms. The van der Waals surface area contributed by atoms with Crippen LogP contribution >= 0.6 is 0 Å². The maximum atomic E-state index is 13.8. The molecule has 1 N–H and O–H groups in total. The largest absolute Gasteiger partial charge is 0.326 e. The fourth-order valence-corrected chi connectivity index (χ4v) is 2.25. The quantitative estimate of drug-likeness (QED) is 0.845. The number of urea groups is 1. The monoisotopic (exact) mass is 289 g/mol. The van der Waals surface area contributed by atoms with Crippen molar-refractivity contribution in [3.05, 3.63) is 35.1 Å². The number of hydrogen-bond acceptors (Lipinski definition) is 3. The van der Waals surface area contributed by atoms with E-state index >= 15 is 0 Å². The van der Waals surface area contributed by atoms with E-state index in [9.17, 15) is 14.0 Å². The molecule has 5 nitrogen and oxygen atoms in total. The van der Waals surface area contributed by atoms with Gasteiger partial charge in [-0.05, 0) is 18.6 Å². The molecule has 1 aromatic rings. The molecule has 6 heteroatoms. The van der Waals surface area contributed by atoms with E-state index in [4.69, 9.17) is 5.26 Å². The molecular formula is C15H16FN3O2. The molecule has 0 aromatic heterocycles. The Morgan fingerprint density at radius 2 is 2.19 bits per heavy atom. The predicted octanol–water partition coefficient (Wildman–Crippen LogP) is 2.31. The average Bonchev–Trinajstić information content (AvgIpc) is 2.74. The normalized spacial score (nSPS) is 17.8. The summed E-state index contributed by atoms with van der Waals surface area (Å²) < 4.78 is 13.8. The lowest BCUT2D eigenvalue weighted by molar-refractivity contribution is -0.128. The summed E-state index contributed by atoms with van der Waals surface area (Å²) >= 11 is 0. The maximum Gasteiger partial charge on any atom is 0.325 e. The Hall–Kier alpha value is -2.42. The van der Waals surface area contributed by atoms with Gasteiger partial charge in [0.1, 0.15) is 11.9 Å². The van der Waals surface area contributed by atoms with Gasteiger partial charge in [0.25, 0.3) is 5.91 Å². The van der Waals surface area contributed by atoms with Crippen LogP contribution in [0.5, 0.6) is 0 Å². The van der Waals surface area contributed by atoms with E-state index < -0.39 is 17.9 Å². The number of nitrogens with zero attached hydrogens (tertiary/aromatic N) is 2. The van der Waals surface area contributed by atoms with E-state index in [-0.39, 0.29) is 23.6 Å². The first-order valence-corrected chi connectivity index (χ1v) is 6.87. The maximum absolute atomic E-state index is 13.8. The van der Waals surface area contributed by atoms with Gasteiger partial charge in [-0.2, -0.15) is 5.26 Å². The molecule has 0 saturated carbocycles. The zero-order valence-electron chi connectivity index (χ0n) is 11.7. The molecule has 3 amide bonds. The van der Waals surface area contributed by atoms with Crippen LogP contribution in [-0.2, 0) is 11.3 Å². The first-order chi connectivity index (χ1) is 10.1. The Labute approximate surface area is 122 Å². The van der Waals surface area contributed by atoms with Gasteiger partial charge in [0.2, 0.25) is 0 Å². The van der Waals surface area contributed by atoms with Crippen LogP contribution in [0.15, 0.2) is 18.2 Å². The highest BCUT2D eigenvalue weighted by Crippen LogP contribution is 2.18. The summed E-state index contributed by atoms with van der Waals surface area (Å²) in [5.74, 6) is -0.913. The molecular weight excluding hydrogens is 273 g/mol. The fraction of sp³-hybridized carbons (Fsp3) is 0.400. The zero-order chi connectivity index (χ0) is 15.4. The number of hydrogen-bond donors (Lipinski definition) is 1. The lowest BCUT2D eigenvalue weighted by Gasteiger charge is -2.13. The van der Waals surface area contributed by atoms with Crippen molar-refractivity contribution in [1.29, 1.82) is 5.26 Å². The third kappa shape index (κ3) is 3.19. The zero-order valence-corrected chi connectivity index (χ0v) is 11.7. The summed E-state index contributed by atoms with van der Waals surface area (Å²) in [6, 6.07) is 4.81. The van der Waals surface area contributed by atoms with Crippen LogP contribution in [0, 0.1) is 17.1 Å². The second-order valence-corrected chi connectivity index (χ2v) is 4.99. The third-order valence-electron chi connectivity index (χ3n) is 3.46. The number of rotatable bonds is 5. The van der Waals surface area contributed by atoms with Crippen molar-refractivity contribution >= 4 is 11.9 Å². The van der Waals surface area contributed by atoms with Crippen LogP contribution in [-0.4, -0.2) is 22.9 Å². The van der Waals surface area contributed by atoms with E-state index in [0.717, 1.165) is 23.8 Å². The molecule has 1 fully saturated rings. The molecule has 1 aliphatic heterocycles. The molecule has 0 unspecified atom stereocenters. The van der Waals surface area contributed by atoms with E-state index in [2.05, 4.69) is 5.32 Å². The first kappa shape index (κ1) is 15.0. The van der Waals surface area contributed by atoms with Gasteiger partial charge in [0, 0.05) is 5.56 Å². The van der Waals surface area contributed by atoms with E-state index in [0.29, 0.717) is 6.42 Å². The first-order valence-electron chi connectivity index (χ1n) is 6.87. The van der Waals surface area contributed by atoms with Gasteiger partial charge in [-0.25, -0.2) is 9.18 Å². The van der Waals surface area contributed by atoms with Crippen LogP contribution in [0.3, 0.4) is 0 Å². The molecule has 2 rings (SSSR count). The number of unbranched alkanes of at least 4 members (excludes halogenated alkanes) is 1. The number of nitriles is 1. The topological polar surface area (TPSA) is 73.2 Å². The van der Waals surface area contributed by atoms with Gasteiger partial charge in [-0.3, -0.25) is 9.69 Å². The molecule has 0 aliphatic carbocycles. The van der Waals surface area contributed by atoms with Crippen LogP contribution in [0.25, 0.3) is 0 Å². The lowest BCUT2D eigenvalue weighted by Crippen LogP contribution is -2.31. The third-order valence-corrected chi connectivity index (χ3v) is 3.46.